The number of aromatic nitrogens is 2. The largest absolute Gasteiger partial charge is 0.493 e. The molecule has 27 heavy (non-hydrogen) atoms. The van der Waals surface area contributed by atoms with Crippen LogP contribution in [0.2, 0.25) is 0 Å². The van der Waals surface area contributed by atoms with Crippen LogP contribution in [0.4, 0.5) is 13.2 Å². The first-order valence-electron chi connectivity index (χ1n) is 7.77. The lowest BCUT2D eigenvalue weighted by Crippen LogP contribution is -2.28. The summed E-state index contributed by atoms with van der Waals surface area (Å²) in [4.78, 5) is 16.5. The van der Waals surface area contributed by atoms with Crippen molar-refractivity contribution < 1.29 is 22.6 Å². The zero-order chi connectivity index (χ0) is 19.6. The molecule has 1 aromatic carbocycles. The molecule has 0 aliphatic heterocycles. The normalized spacial score (nSPS) is 11.4. The number of para-hydroxylation sites is 1. The van der Waals surface area contributed by atoms with E-state index in [4.69, 9.17) is 9.47 Å². The third-order valence-electron chi connectivity index (χ3n) is 3.84. The third kappa shape index (κ3) is 3.82. The smallest absolute Gasteiger partial charge is 0.421 e. The number of thiazole rings is 1. The Hall–Kier alpha value is -2.81. The molecule has 5 nitrogen and oxygen atoms in total. The molecule has 0 radical (unpaired) electrons. The zero-order valence-electron chi connectivity index (χ0n) is 14.4. The lowest BCUT2D eigenvalue weighted by atomic mass is 10.2. The van der Waals surface area contributed by atoms with Crippen molar-refractivity contribution in [2.75, 3.05) is 14.2 Å². The fraction of sp³-hybridized carbons (Fsp3) is 0.222. The summed E-state index contributed by atoms with van der Waals surface area (Å²) >= 11 is 1.30. The van der Waals surface area contributed by atoms with Crippen LogP contribution >= 0.6 is 11.3 Å². The summed E-state index contributed by atoms with van der Waals surface area (Å²) in [6, 6.07) is 7.31. The molecule has 0 saturated carbocycles. The van der Waals surface area contributed by atoms with Crippen molar-refractivity contribution in [2.24, 2.45) is 0 Å². The number of ether oxygens (including phenoxy) is 2. The summed E-state index contributed by atoms with van der Waals surface area (Å²) in [5.74, 6) is 1.05. The minimum atomic E-state index is -4.69. The average Bonchev–Trinajstić information content (AvgIpc) is 3.10. The number of nitrogens with zero attached hydrogens (tertiary/aromatic N) is 2. The summed E-state index contributed by atoms with van der Waals surface area (Å²) in [6.07, 6.45) is -3.38. The van der Waals surface area contributed by atoms with Gasteiger partial charge in [0, 0.05) is 11.6 Å². The molecule has 0 aliphatic carbocycles. The van der Waals surface area contributed by atoms with Gasteiger partial charge < -0.3 is 14.0 Å². The second kappa shape index (κ2) is 7.43. The summed E-state index contributed by atoms with van der Waals surface area (Å²) in [5.41, 5.74) is -1.13. The molecule has 3 rings (SSSR count). The number of halogens is 3. The predicted molar refractivity (Wildman–Crippen MR) is 95.5 cm³/mol. The molecule has 0 amide bonds. The van der Waals surface area contributed by atoms with Crippen molar-refractivity contribution >= 4 is 11.3 Å². The van der Waals surface area contributed by atoms with Gasteiger partial charge in [0.1, 0.15) is 10.6 Å². The molecule has 9 heteroatoms. The molecule has 0 fully saturated rings. The van der Waals surface area contributed by atoms with Gasteiger partial charge in [-0.25, -0.2) is 4.98 Å². The Morgan fingerprint density at radius 3 is 2.59 bits per heavy atom. The lowest BCUT2D eigenvalue weighted by molar-refractivity contribution is -0.138. The number of methoxy groups -OCH3 is 2. The van der Waals surface area contributed by atoms with E-state index in [0.717, 1.165) is 10.6 Å². The van der Waals surface area contributed by atoms with Gasteiger partial charge in [-0.15, -0.1) is 11.3 Å². The third-order valence-corrected chi connectivity index (χ3v) is 4.77. The van der Waals surface area contributed by atoms with Gasteiger partial charge in [-0.3, -0.25) is 4.79 Å². The molecule has 3 aromatic rings. The van der Waals surface area contributed by atoms with Gasteiger partial charge in [0.2, 0.25) is 0 Å². The van der Waals surface area contributed by atoms with Gasteiger partial charge in [0.25, 0.3) is 5.56 Å². The fourth-order valence-corrected chi connectivity index (χ4v) is 3.44. The number of alkyl halides is 3. The molecule has 0 atom stereocenters. The topological polar surface area (TPSA) is 53.4 Å². The standard InChI is InChI=1S/C18H15F3N2O3S/c1-25-14-7-3-5-12(15(14)26-2)16-22-11(10-27-16)9-23-8-4-6-13(17(23)24)18(19,20)21/h3-8,10H,9H2,1-2H3. The van der Waals surface area contributed by atoms with Crippen molar-refractivity contribution in [1.82, 2.24) is 9.55 Å². The van der Waals surface area contributed by atoms with Crippen LogP contribution in [0, 0.1) is 0 Å². The average molecular weight is 396 g/mol. The van der Waals surface area contributed by atoms with Crippen LogP contribution in [-0.4, -0.2) is 23.8 Å². The number of hydrogen-bond acceptors (Lipinski definition) is 5. The Labute approximate surface area is 156 Å². The number of hydrogen-bond donors (Lipinski definition) is 0. The van der Waals surface area contributed by atoms with Gasteiger partial charge >= 0.3 is 6.18 Å². The monoisotopic (exact) mass is 396 g/mol. The van der Waals surface area contributed by atoms with Crippen LogP contribution in [0.5, 0.6) is 11.5 Å². The highest BCUT2D eigenvalue weighted by molar-refractivity contribution is 7.13. The minimum absolute atomic E-state index is 0.0640. The molecule has 142 valence electrons. The molecule has 0 bridgehead atoms. The summed E-state index contributed by atoms with van der Waals surface area (Å²) in [7, 11) is 3.03. The first kappa shape index (κ1) is 19.0. The van der Waals surface area contributed by atoms with E-state index in [1.165, 1.54) is 37.8 Å². The van der Waals surface area contributed by atoms with Crippen molar-refractivity contribution in [2.45, 2.75) is 12.7 Å². The van der Waals surface area contributed by atoms with Gasteiger partial charge in [-0.05, 0) is 24.3 Å². The van der Waals surface area contributed by atoms with E-state index in [0.29, 0.717) is 27.8 Å². The first-order chi connectivity index (χ1) is 12.8. The number of benzene rings is 1. The first-order valence-corrected chi connectivity index (χ1v) is 8.65. The maximum Gasteiger partial charge on any atom is 0.421 e. The van der Waals surface area contributed by atoms with Crippen molar-refractivity contribution in [3.63, 3.8) is 0 Å². The highest BCUT2D eigenvalue weighted by Gasteiger charge is 2.34. The molecule has 2 aromatic heterocycles. The molecular weight excluding hydrogens is 381 g/mol. The lowest BCUT2D eigenvalue weighted by Gasteiger charge is -2.10. The van der Waals surface area contributed by atoms with E-state index in [1.54, 1.807) is 23.6 Å². The highest BCUT2D eigenvalue weighted by Crippen LogP contribution is 2.39. The predicted octanol–water partition coefficient (Wildman–Crippen LogP) is 4.06. The van der Waals surface area contributed by atoms with Crippen LogP contribution < -0.4 is 15.0 Å². The van der Waals surface area contributed by atoms with E-state index in [-0.39, 0.29) is 6.54 Å². The number of pyridine rings is 1. The summed E-state index contributed by atoms with van der Waals surface area (Å²) in [6.45, 7) is -0.0640. The Balaban J connectivity index is 1.94. The van der Waals surface area contributed by atoms with Gasteiger partial charge in [-0.2, -0.15) is 13.2 Å². The second-order valence-electron chi connectivity index (χ2n) is 5.54. The van der Waals surface area contributed by atoms with E-state index in [1.807, 2.05) is 0 Å². The quantitative estimate of drug-likeness (QED) is 0.653. The fourth-order valence-electron chi connectivity index (χ4n) is 2.61. The summed E-state index contributed by atoms with van der Waals surface area (Å²) in [5, 5.41) is 2.31. The Kier molecular flexibility index (Phi) is 5.22. The molecule has 0 aliphatic rings. The molecule has 0 spiro atoms. The van der Waals surface area contributed by atoms with E-state index in [9.17, 15) is 18.0 Å². The molecule has 0 unspecified atom stereocenters. The minimum Gasteiger partial charge on any atom is -0.493 e. The van der Waals surface area contributed by atoms with Gasteiger partial charge in [0.15, 0.2) is 11.5 Å². The highest BCUT2D eigenvalue weighted by atomic mass is 32.1. The van der Waals surface area contributed by atoms with Crippen LogP contribution in [0.25, 0.3) is 10.6 Å². The second-order valence-corrected chi connectivity index (χ2v) is 6.40. The zero-order valence-corrected chi connectivity index (χ0v) is 15.2. The Morgan fingerprint density at radius 1 is 1.15 bits per heavy atom. The maximum atomic E-state index is 12.9. The van der Waals surface area contributed by atoms with E-state index in [2.05, 4.69) is 4.98 Å². The van der Waals surface area contributed by atoms with Crippen LogP contribution in [0.3, 0.4) is 0 Å². The molecule has 2 heterocycles. The Bertz CT molecular complexity index is 1010. The molecular formula is C18H15F3N2O3S. The SMILES string of the molecule is COc1cccc(-c2nc(Cn3cccc(C(F)(F)F)c3=O)cs2)c1OC. The Morgan fingerprint density at radius 2 is 1.93 bits per heavy atom. The number of rotatable bonds is 5. The van der Waals surface area contributed by atoms with Crippen molar-refractivity contribution in [1.29, 1.82) is 0 Å². The van der Waals surface area contributed by atoms with Crippen LogP contribution in [0.15, 0.2) is 46.7 Å². The van der Waals surface area contributed by atoms with Gasteiger partial charge in [-0.1, -0.05) is 6.07 Å². The molecule has 0 N–H and O–H groups in total. The van der Waals surface area contributed by atoms with Crippen molar-refractivity contribution in [3.05, 3.63) is 63.5 Å². The van der Waals surface area contributed by atoms with Crippen LogP contribution in [0.1, 0.15) is 11.3 Å². The van der Waals surface area contributed by atoms with E-state index >= 15 is 0 Å². The van der Waals surface area contributed by atoms with Crippen LogP contribution in [-0.2, 0) is 12.7 Å². The molecule has 0 saturated heterocycles. The summed E-state index contributed by atoms with van der Waals surface area (Å²) < 4.78 is 50.3. The van der Waals surface area contributed by atoms with Gasteiger partial charge in [0.05, 0.1) is 32.0 Å². The van der Waals surface area contributed by atoms with E-state index < -0.39 is 17.3 Å². The van der Waals surface area contributed by atoms with Crippen molar-refractivity contribution in [3.8, 4) is 22.1 Å². The maximum absolute atomic E-state index is 12.9.